The van der Waals surface area contributed by atoms with Gasteiger partial charge in [-0.05, 0) is 43.7 Å². The molecule has 0 amide bonds. The number of hydrogen-bond acceptors (Lipinski definition) is 4. The van der Waals surface area contributed by atoms with E-state index < -0.39 is 10.7 Å². The number of halogens is 1. The van der Waals surface area contributed by atoms with E-state index in [1.165, 1.54) is 19.1 Å². The second kappa shape index (κ2) is 5.70. The van der Waals surface area contributed by atoms with Crippen molar-refractivity contribution < 1.29 is 18.8 Å². The summed E-state index contributed by atoms with van der Waals surface area (Å²) in [7, 11) is 0. The Hall–Kier alpha value is -2.76. The molecule has 0 unspecified atom stereocenters. The van der Waals surface area contributed by atoms with Crippen LogP contribution < -0.4 is 4.74 Å². The summed E-state index contributed by atoms with van der Waals surface area (Å²) in [5, 5.41) is 10.7. The third-order valence-electron chi connectivity index (χ3n) is 3.04. The number of aldehydes is 1. The van der Waals surface area contributed by atoms with Gasteiger partial charge in [-0.25, -0.2) is 4.39 Å². The molecule has 0 saturated carbocycles. The first-order valence-corrected chi connectivity index (χ1v) is 6.10. The predicted molar refractivity (Wildman–Crippen MR) is 74.4 cm³/mol. The van der Waals surface area contributed by atoms with Crippen LogP contribution in [0.4, 0.5) is 10.1 Å². The smallest absolute Gasteiger partial charge is 0.275 e. The molecule has 6 heteroatoms. The van der Waals surface area contributed by atoms with Gasteiger partial charge < -0.3 is 4.74 Å². The molecular weight excluding hydrogens is 277 g/mol. The molecule has 5 nitrogen and oxygen atoms in total. The summed E-state index contributed by atoms with van der Waals surface area (Å²) in [6.07, 6.45) is 0.718. The van der Waals surface area contributed by atoms with Crippen LogP contribution in [-0.2, 0) is 0 Å². The van der Waals surface area contributed by atoms with Gasteiger partial charge in [0.05, 0.1) is 11.0 Å². The van der Waals surface area contributed by atoms with Crippen LogP contribution >= 0.6 is 0 Å². The maximum atomic E-state index is 13.8. The van der Waals surface area contributed by atoms with Crippen LogP contribution in [0.15, 0.2) is 30.3 Å². The van der Waals surface area contributed by atoms with Crippen molar-refractivity contribution in [1.82, 2.24) is 0 Å². The van der Waals surface area contributed by atoms with Crippen molar-refractivity contribution in [2.75, 3.05) is 0 Å². The normalized spacial score (nSPS) is 10.2. The topological polar surface area (TPSA) is 69.4 Å². The van der Waals surface area contributed by atoms with Crippen molar-refractivity contribution in [3.8, 4) is 11.5 Å². The van der Waals surface area contributed by atoms with Gasteiger partial charge >= 0.3 is 0 Å². The molecule has 0 N–H and O–H groups in total. The van der Waals surface area contributed by atoms with E-state index >= 15 is 0 Å². The number of nitro benzene ring substituents is 1. The molecule has 108 valence electrons. The zero-order chi connectivity index (χ0) is 15.6. The van der Waals surface area contributed by atoms with Crippen molar-refractivity contribution in [2.24, 2.45) is 0 Å². The highest BCUT2D eigenvalue weighted by Gasteiger charge is 2.17. The van der Waals surface area contributed by atoms with Crippen LogP contribution in [0.1, 0.15) is 21.5 Å². The highest BCUT2D eigenvalue weighted by atomic mass is 19.1. The predicted octanol–water partition coefficient (Wildman–Crippen LogP) is 3.96. The van der Waals surface area contributed by atoms with E-state index in [-0.39, 0.29) is 11.4 Å². The zero-order valence-corrected chi connectivity index (χ0v) is 11.4. The Balaban J connectivity index is 2.36. The quantitative estimate of drug-likeness (QED) is 0.485. The van der Waals surface area contributed by atoms with Crippen molar-refractivity contribution >= 4 is 12.0 Å². The van der Waals surface area contributed by atoms with Crippen LogP contribution in [0, 0.1) is 29.8 Å². The average Bonchev–Trinajstić information content (AvgIpc) is 2.42. The van der Waals surface area contributed by atoms with E-state index in [0.717, 1.165) is 12.4 Å². The summed E-state index contributed by atoms with van der Waals surface area (Å²) in [6, 6.07) is 6.80. The molecule has 0 heterocycles. The Kier molecular flexibility index (Phi) is 3.98. The zero-order valence-electron chi connectivity index (χ0n) is 11.4. The lowest BCUT2D eigenvalue weighted by molar-refractivity contribution is -0.385. The van der Waals surface area contributed by atoms with Gasteiger partial charge in [-0.2, -0.15) is 0 Å². The molecule has 2 rings (SSSR count). The monoisotopic (exact) mass is 289 g/mol. The number of nitrogens with zero attached hydrogens (tertiary/aromatic N) is 1. The molecule has 0 aromatic heterocycles. The number of nitro groups is 1. The summed E-state index contributed by atoms with van der Waals surface area (Å²) in [5.74, 6) is -0.564. The Morgan fingerprint density at radius 3 is 2.48 bits per heavy atom. The fraction of sp³-hybridized carbons (Fsp3) is 0.133. The van der Waals surface area contributed by atoms with Crippen molar-refractivity contribution in [3.63, 3.8) is 0 Å². The number of ether oxygens (including phenoxy) is 1. The Morgan fingerprint density at radius 2 is 1.90 bits per heavy atom. The molecule has 21 heavy (non-hydrogen) atoms. The van der Waals surface area contributed by atoms with Gasteiger partial charge in [0.2, 0.25) is 0 Å². The van der Waals surface area contributed by atoms with E-state index in [1.54, 1.807) is 19.1 Å². The fourth-order valence-electron chi connectivity index (χ4n) is 1.89. The third-order valence-corrected chi connectivity index (χ3v) is 3.04. The van der Waals surface area contributed by atoms with Crippen LogP contribution in [0.2, 0.25) is 0 Å². The van der Waals surface area contributed by atoms with Gasteiger partial charge in [-0.15, -0.1) is 0 Å². The second-order valence-corrected chi connectivity index (χ2v) is 4.56. The second-order valence-electron chi connectivity index (χ2n) is 4.56. The summed E-state index contributed by atoms with van der Waals surface area (Å²) in [6.45, 7) is 3.24. The van der Waals surface area contributed by atoms with Crippen LogP contribution in [0.25, 0.3) is 0 Å². The van der Waals surface area contributed by atoms with Gasteiger partial charge in [-0.1, -0.05) is 0 Å². The summed E-state index contributed by atoms with van der Waals surface area (Å²) < 4.78 is 19.2. The standard InChI is InChI=1S/C15H12FNO4/c1-9-5-12(4-3-11(9)8-18)21-15-6-10(2)14(17(19)20)7-13(15)16/h3-8H,1-2H3. The highest BCUT2D eigenvalue weighted by molar-refractivity contribution is 5.77. The van der Waals surface area contributed by atoms with E-state index in [0.29, 0.717) is 22.4 Å². The van der Waals surface area contributed by atoms with Crippen molar-refractivity contribution in [1.29, 1.82) is 0 Å². The first-order chi connectivity index (χ1) is 9.92. The lowest BCUT2D eigenvalue weighted by atomic mass is 10.1. The largest absolute Gasteiger partial charge is 0.454 e. The highest BCUT2D eigenvalue weighted by Crippen LogP contribution is 2.31. The first kappa shape index (κ1) is 14.6. The molecule has 2 aromatic carbocycles. The van der Waals surface area contributed by atoms with E-state index in [1.807, 2.05) is 0 Å². The molecule has 0 fully saturated rings. The van der Waals surface area contributed by atoms with Gasteiger partial charge in [0.25, 0.3) is 5.69 Å². The fourth-order valence-corrected chi connectivity index (χ4v) is 1.89. The number of carbonyl (C=O) groups excluding carboxylic acids is 1. The molecule has 0 saturated heterocycles. The number of benzene rings is 2. The summed E-state index contributed by atoms with van der Waals surface area (Å²) in [4.78, 5) is 20.8. The molecular formula is C15H12FNO4. The summed E-state index contributed by atoms with van der Waals surface area (Å²) >= 11 is 0. The van der Waals surface area contributed by atoms with Gasteiger partial charge in [0.15, 0.2) is 11.6 Å². The van der Waals surface area contributed by atoms with E-state index in [9.17, 15) is 19.3 Å². The molecule has 0 aliphatic carbocycles. The number of rotatable bonds is 4. The Morgan fingerprint density at radius 1 is 1.19 bits per heavy atom. The lowest BCUT2D eigenvalue weighted by Gasteiger charge is -2.09. The van der Waals surface area contributed by atoms with Crippen molar-refractivity contribution in [3.05, 3.63) is 63.0 Å². The SMILES string of the molecule is Cc1cc(Oc2cc(C)c([N+](=O)[O-])cc2F)ccc1C=O. The molecule has 0 aliphatic heterocycles. The van der Waals surface area contributed by atoms with Crippen LogP contribution in [-0.4, -0.2) is 11.2 Å². The lowest BCUT2D eigenvalue weighted by Crippen LogP contribution is -1.96. The maximum absolute atomic E-state index is 13.8. The molecule has 0 atom stereocenters. The Bertz CT molecular complexity index is 728. The Labute approximate surface area is 120 Å². The number of hydrogen-bond donors (Lipinski definition) is 0. The van der Waals surface area contributed by atoms with E-state index in [4.69, 9.17) is 4.74 Å². The first-order valence-electron chi connectivity index (χ1n) is 6.10. The van der Waals surface area contributed by atoms with Crippen LogP contribution in [0.3, 0.4) is 0 Å². The number of carbonyl (C=O) groups is 1. The van der Waals surface area contributed by atoms with Gasteiger partial charge in [0, 0.05) is 11.1 Å². The minimum absolute atomic E-state index is 0.101. The third kappa shape index (κ3) is 3.05. The number of aryl methyl sites for hydroxylation is 2. The minimum atomic E-state index is -0.815. The van der Waals surface area contributed by atoms with Gasteiger partial charge in [0.1, 0.15) is 12.0 Å². The maximum Gasteiger partial charge on any atom is 0.275 e. The van der Waals surface area contributed by atoms with Gasteiger partial charge in [-0.3, -0.25) is 14.9 Å². The molecule has 2 aromatic rings. The molecule has 0 spiro atoms. The molecule has 0 radical (unpaired) electrons. The van der Waals surface area contributed by atoms with E-state index in [2.05, 4.69) is 0 Å². The molecule has 0 aliphatic rings. The average molecular weight is 289 g/mol. The van der Waals surface area contributed by atoms with Crippen LogP contribution in [0.5, 0.6) is 11.5 Å². The summed E-state index contributed by atoms with van der Waals surface area (Å²) in [5.41, 5.74) is 1.22. The van der Waals surface area contributed by atoms with Crippen molar-refractivity contribution in [2.45, 2.75) is 13.8 Å². The minimum Gasteiger partial charge on any atom is -0.454 e. The molecule has 0 bridgehead atoms.